The Morgan fingerprint density at radius 1 is 0.968 bits per heavy atom. The number of benzene rings is 2. The third-order valence-corrected chi connectivity index (χ3v) is 6.28. The van der Waals surface area contributed by atoms with Crippen molar-refractivity contribution in [1.29, 1.82) is 0 Å². The number of hydrogen-bond acceptors (Lipinski definition) is 2. The smallest absolute Gasteiger partial charge is 0.227 e. The van der Waals surface area contributed by atoms with Crippen LogP contribution in [0.25, 0.3) is 0 Å². The number of aromatic nitrogens is 1. The van der Waals surface area contributed by atoms with Crippen LogP contribution in [0, 0.1) is 0 Å². The SMILES string of the molecule is COc1cccc(Cn2cccc2CN(C(=O)Cc2ccccc2)C2CCCCC2)c1. The Bertz CT molecular complexity index is 974. The average molecular weight is 417 g/mol. The molecule has 1 aliphatic rings. The molecule has 0 saturated heterocycles. The van der Waals surface area contributed by atoms with Crippen molar-refractivity contribution < 1.29 is 9.53 Å². The van der Waals surface area contributed by atoms with Crippen molar-refractivity contribution in [2.45, 2.75) is 57.7 Å². The van der Waals surface area contributed by atoms with Crippen LogP contribution >= 0.6 is 0 Å². The first-order chi connectivity index (χ1) is 15.2. The summed E-state index contributed by atoms with van der Waals surface area (Å²) >= 11 is 0. The molecule has 0 atom stereocenters. The predicted molar refractivity (Wildman–Crippen MR) is 124 cm³/mol. The summed E-state index contributed by atoms with van der Waals surface area (Å²) < 4.78 is 7.62. The zero-order valence-corrected chi connectivity index (χ0v) is 18.4. The summed E-state index contributed by atoms with van der Waals surface area (Å²) in [7, 11) is 1.70. The van der Waals surface area contributed by atoms with Crippen molar-refractivity contribution in [3.05, 3.63) is 89.7 Å². The molecular formula is C27H32N2O2. The van der Waals surface area contributed by atoms with E-state index < -0.39 is 0 Å². The monoisotopic (exact) mass is 416 g/mol. The Balaban J connectivity index is 1.53. The highest BCUT2D eigenvalue weighted by atomic mass is 16.5. The number of amides is 1. The van der Waals surface area contributed by atoms with Crippen LogP contribution in [0.15, 0.2) is 72.9 Å². The van der Waals surface area contributed by atoms with E-state index in [2.05, 4.69) is 39.9 Å². The van der Waals surface area contributed by atoms with Gasteiger partial charge in [0.05, 0.1) is 20.1 Å². The van der Waals surface area contributed by atoms with E-state index >= 15 is 0 Å². The number of carbonyl (C=O) groups is 1. The fourth-order valence-corrected chi connectivity index (χ4v) is 4.57. The van der Waals surface area contributed by atoms with Gasteiger partial charge in [0.15, 0.2) is 0 Å². The summed E-state index contributed by atoms with van der Waals surface area (Å²) in [6.45, 7) is 1.43. The Hall–Kier alpha value is -3.01. The van der Waals surface area contributed by atoms with Gasteiger partial charge < -0.3 is 14.2 Å². The molecule has 162 valence electrons. The molecule has 0 aliphatic heterocycles. The molecule has 0 N–H and O–H groups in total. The van der Waals surface area contributed by atoms with E-state index in [4.69, 9.17) is 4.74 Å². The zero-order chi connectivity index (χ0) is 21.5. The van der Waals surface area contributed by atoms with Crippen molar-refractivity contribution >= 4 is 5.91 Å². The quantitative estimate of drug-likeness (QED) is 0.489. The minimum absolute atomic E-state index is 0.229. The second-order valence-corrected chi connectivity index (χ2v) is 8.45. The molecule has 31 heavy (non-hydrogen) atoms. The standard InChI is InChI=1S/C27H32N2O2/c1-31-26-16-8-12-23(18-26)20-28-17-9-15-25(28)21-29(24-13-6-3-7-14-24)27(30)19-22-10-4-2-5-11-22/h2,4-5,8-12,15-18,24H,3,6-7,13-14,19-21H2,1H3. The first-order valence-electron chi connectivity index (χ1n) is 11.3. The molecule has 1 aliphatic carbocycles. The molecule has 1 heterocycles. The van der Waals surface area contributed by atoms with E-state index in [0.717, 1.165) is 30.7 Å². The van der Waals surface area contributed by atoms with Crippen molar-refractivity contribution in [3.8, 4) is 5.75 Å². The van der Waals surface area contributed by atoms with Gasteiger partial charge in [0.2, 0.25) is 5.91 Å². The summed E-state index contributed by atoms with van der Waals surface area (Å²) in [5.74, 6) is 1.10. The van der Waals surface area contributed by atoms with Gasteiger partial charge in [0.25, 0.3) is 0 Å². The number of hydrogen-bond donors (Lipinski definition) is 0. The van der Waals surface area contributed by atoms with E-state index in [1.807, 2.05) is 42.5 Å². The largest absolute Gasteiger partial charge is 0.497 e. The maximum absolute atomic E-state index is 13.4. The fourth-order valence-electron chi connectivity index (χ4n) is 4.57. The van der Waals surface area contributed by atoms with E-state index in [-0.39, 0.29) is 5.91 Å². The maximum Gasteiger partial charge on any atom is 0.227 e. The summed E-state index contributed by atoms with van der Waals surface area (Å²) in [5, 5.41) is 0. The topological polar surface area (TPSA) is 34.5 Å². The number of methoxy groups -OCH3 is 1. The highest BCUT2D eigenvalue weighted by molar-refractivity contribution is 5.79. The Kier molecular flexibility index (Phi) is 7.08. The molecule has 4 heteroatoms. The second-order valence-electron chi connectivity index (χ2n) is 8.45. The lowest BCUT2D eigenvalue weighted by Crippen LogP contribution is -2.42. The van der Waals surface area contributed by atoms with Gasteiger partial charge in [0.1, 0.15) is 5.75 Å². The van der Waals surface area contributed by atoms with Crippen molar-refractivity contribution in [2.24, 2.45) is 0 Å². The number of nitrogens with zero attached hydrogens (tertiary/aromatic N) is 2. The summed E-state index contributed by atoms with van der Waals surface area (Å²) in [6, 6.07) is 22.8. The molecule has 1 aromatic heterocycles. The third kappa shape index (κ3) is 5.57. The van der Waals surface area contributed by atoms with Gasteiger partial charge in [-0.2, -0.15) is 0 Å². The predicted octanol–water partition coefficient (Wildman–Crippen LogP) is 5.45. The summed E-state index contributed by atoms with van der Waals surface area (Å²) in [6.07, 6.45) is 8.50. The summed E-state index contributed by atoms with van der Waals surface area (Å²) in [5.41, 5.74) is 3.45. The lowest BCUT2D eigenvalue weighted by molar-refractivity contribution is -0.134. The van der Waals surface area contributed by atoms with Crippen LogP contribution in [0.3, 0.4) is 0 Å². The molecule has 2 aromatic carbocycles. The Morgan fingerprint density at radius 3 is 2.52 bits per heavy atom. The minimum atomic E-state index is 0.229. The normalized spacial score (nSPS) is 14.4. The molecular weight excluding hydrogens is 384 g/mol. The van der Waals surface area contributed by atoms with Crippen LogP contribution in [-0.2, 0) is 24.3 Å². The zero-order valence-electron chi connectivity index (χ0n) is 18.4. The van der Waals surface area contributed by atoms with Gasteiger partial charge in [-0.25, -0.2) is 0 Å². The first-order valence-corrected chi connectivity index (χ1v) is 11.3. The first kappa shape index (κ1) is 21.2. The molecule has 4 nitrogen and oxygen atoms in total. The van der Waals surface area contributed by atoms with Crippen LogP contribution in [0.5, 0.6) is 5.75 Å². The van der Waals surface area contributed by atoms with Crippen LogP contribution < -0.4 is 4.74 Å². The second kappa shape index (κ2) is 10.3. The highest BCUT2D eigenvalue weighted by Crippen LogP contribution is 2.25. The highest BCUT2D eigenvalue weighted by Gasteiger charge is 2.26. The third-order valence-electron chi connectivity index (χ3n) is 6.28. The van der Waals surface area contributed by atoms with Gasteiger partial charge in [-0.3, -0.25) is 4.79 Å². The number of rotatable bonds is 8. The van der Waals surface area contributed by atoms with Gasteiger partial charge in [-0.15, -0.1) is 0 Å². The molecule has 1 fully saturated rings. The van der Waals surface area contributed by atoms with Crippen molar-refractivity contribution in [1.82, 2.24) is 9.47 Å². The van der Waals surface area contributed by atoms with E-state index in [1.54, 1.807) is 7.11 Å². The molecule has 0 radical (unpaired) electrons. The van der Waals surface area contributed by atoms with E-state index in [0.29, 0.717) is 19.0 Å². The van der Waals surface area contributed by atoms with Crippen LogP contribution in [-0.4, -0.2) is 28.5 Å². The maximum atomic E-state index is 13.4. The lowest BCUT2D eigenvalue weighted by atomic mass is 9.93. The molecule has 0 spiro atoms. The molecule has 0 unspecified atom stereocenters. The molecule has 1 amide bonds. The van der Waals surface area contributed by atoms with Crippen molar-refractivity contribution in [2.75, 3.05) is 7.11 Å². The van der Waals surface area contributed by atoms with Gasteiger partial charge >= 0.3 is 0 Å². The van der Waals surface area contributed by atoms with Gasteiger partial charge in [-0.05, 0) is 48.2 Å². The summed E-state index contributed by atoms with van der Waals surface area (Å²) in [4.78, 5) is 15.5. The number of carbonyl (C=O) groups excluding carboxylic acids is 1. The average Bonchev–Trinajstić information content (AvgIpc) is 3.25. The van der Waals surface area contributed by atoms with Crippen LogP contribution in [0.4, 0.5) is 0 Å². The molecule has 3 aromatic rings. The van der Waals surface area contributed by atoms with E-state index in [1.165, 1.54) is 30.5 Å². The van der Waals surface area contributed by atoms with Crippen LogP contribution in [0.2, 0.25) is 0 Å². The molecule has 1 saturated carbocycles. The number of ether oxygens (including phenoxy) is 1. The molecule has 0 bridgehead atoms. The van der Waals surface area contributed by atoms with Gasteiger partial charge in [0, 0.05) is 24.5 Å². The van der Waals surface area contributed by atoms with Crippen LogP contribution in [0.1, 0.15) is 48.9 Å². The van der Waals surface area contributed by atoms with Gasteiger partial charge in [-0.1, -0.05) is 61.7 Å². The van der Waals surface area contributed by atoms with Crippen molar-refractivity contribution in [3.63, 3.8) is 0 Å². The minimum Gasteiger partial charge on any atom is -0.497 e. The lowest BCUT2D eigenvalue weighted by Gasteiger charge is -2.35. The Labute approximate surface area is 185 Å². The molecule has 4 rings (SSSR count). The Morgan fingerprint density at radius 2 is 1.74 bits per heavy atom. The van der Waals surface area contributed by atoms with E-state index in [9.17, 15) is 4.79 Å². The fraction of sp³-hybridized carbons (Fsp3) is 0.370.